The van der Waals surface area contributed by atoms with E-state index in [1.165, 1.54) is 19.3 Å². The zero-order chi connectivity index (χ0) is 11.6. The maximum Gasteiger partial charge on any atom is 0.226 e. The predicted molar refractivity (Wildman–Crippen MR) is 65.2 cm³/mol. The maximum absolute atomic E-state index is 12.5. The summed E-state index contributed by atoms with van der Waals surface area (Å²) in [5.41, 5.74) is -0.00716. The van der Waals surface area contributed by atoms with E-state index in [9.17, 15) is 4.79 Å². The molecule has 92 valence electrons. The van der Waals surface area contributed by atoms with E-state index in [4.69, 9.17) is 0 Å². The van der Waals surface area contributed by atoms with E-state index in [2.05, 4.69) is 24.1 Å². The highest BCUT2D eigenvalue weighted by Gasteiger charge is 2.36. The van der Waals surface area contributed by atoms with Crippen LogP contribution < -0.4 is 5.32 Å². The first-order valence-electron chi connectivity index (χ1n) is 6.63. The third-order valence-corrected chi connectivity index (χ3v) is 4.02. The summed E-state index contributed by atoms with van der Waals surface area (Å²) >= 11 is 0. The van der Waals surface area contributed by atoms with Gasteiger partial charge in [0.15, 0.2) is 0 Å². The average Bonchev–Trinajstić information content (AvgIpc) is 2.29. The molecular formula is C13H24N2O. The molecule has 2 fully saturated rings. The number of hydrogen-bond donors (Lipinski definition) is 1. The molecule has 1 saturated heterocycles. The fraction of sp³-hybridized carbons (Fsp3) is 0.923. The van der Waals surface area contributed by atoms with Gasteiger partial charge in [-0.1, -0.05) is 19.3 Å². The first-order valence-corrected chi connectivity index (χ1v) is 6.63. The fourth-order valence-electron chi connectivity index (χ4n) is 2.96. The Balaban J connectivity index is 2.01. The van der Waals surface area contributed by atoms with E-state index in [1.54, 1.807) is 0 Å². The Labute approximate surface area is 98.6 Å². The molecule has 0 unspecified atom stereocenters. The van der Waals surface area contributed by atoms with Gasteiger partial charge in [0.05, 0.1) is 0 Å². The Kier molecular flexibility index (Phi) is 3.53. The van der Waals surface area contributed by atoms with Gasteiger partial charge >= 0.3 is 0 Å². The van der Waals surface area contributed by atoms with Gasteiger partial charge in [0.2, 0.25) is 5.91 Å². The molecular weight excluding hydrogens is 200 g/mol. The minimum atomic E-state index is -0.00716. The van der Waals surface area contributed by atoms with E-state index in [0.717, 1.165) is 32.5 Å². The first-order chi connectivity index (χ1) is 7.61. The standard InChI is InChI=1S/C13H24N2O/c1-13(2)10-14-8-9-15(13)12(16)11-6-4-3-5-7-11/h11,14H,3-10H2,1-2H3. The molecule has 0 spiro atoms. The second-order valence-corrected chi connectivity index (χ2v) is 5.81. The molecule has 0 radical (unpaired) electrons. The van der Waals surface area contributed by atoms with Crippen LogP contribution in [0.4, 0.5) is 0 Å². The zero-order valence-electron chi connectivity index (χ0n) is 10.6. The van der Waals surface area contributed by atoms with Crippen LogP contribution in [0.1, 0.15) is 46.0 Å². The highest BCUT2D eigenvalue weighted by molar-refractivity contribution is 5.79. The molecule has 2 rings (SSSR count). The maximum atomic E-state index is 12.5. The Bertz CT molecular complexity index is 257. The monoisotopic (exact) mass is 224 g/mol. The van der Waals surface area contributed by atoms with Crippen molar-refractivity contribution in [3.8, 4) is 0 Å². The summed E-state index contributed by atoms with van der Waals surface area (Å²) < 4.78 is 0. The van der Waals surface area contributed by atoms with Crippen LogP contribution >= 0.6 is 0 Å². The normalized spacial score (nSPS) is 26.8. The third kappa shape index (κ3) is 2.40. The van der Waals surface area contributed by atoms with Crippen LogP contribution in [0.5, 0.6) is 0 Å². The van der Waals surface area contributed by atoms with Crippen LogP contribution in [-0.4, -0.2) is 36.0 Å². The quantitative estimate of drug-likeness (QED) is 0.736. The number of carbonyl (C=O) groups excluding carboxylic acids is 1. The zero-order valence-corrected chi connectivity index (χ0v) is 10.6. The van der Waals surface area contributed by atoms with Crippen molar-refractivity contribution >= 4 is 5.91 Å². The van der Waals surface area contributed by atoms with Crippen LogP contribution in [0.2, 0.25) is 0 Å². The summed E-state index contributed by atoms with van der Waals surface area (Å²) in [5.74, 6) is 0.720. The van der Waals surface area contributed by atoms with Crippen molar-refractivity contribution in [2.45, 2.75) is 51.5 Å². The molecule has 0 aromatic rings. The molecule has 1 N–H and O–H groups in total. The van der Waals surface area contributed by atoms with E-state index in [1.807, 2.05) is 0 Å². The number of nitrogens with one attached hydrogen (secondary N) is 1. The van der Waals surface area contributed by atoms with E-state index in [-0.39, 0.29) is 5.54 Å². The fourth-order valence-corrected chi connectivity index (χ4v) is 2.96. The SMILES string of the molecule is CC1(C)CNCCN1C(=O)C1CCCCC1. The second kappa shape index (κ2) is 4.74. The molecule has 0 aromatic carbocycles. The van der Waals surface area contributed by atoms with Gasteiger partial charge in [-0.15, -0.1) is 0 Å². The van der Waals surface area contributed by atoms with E-state index < -0.39 is 0 Å². The molecule has 0 atom stereocenters. The molecule has 1 aliphatic carbocycles. The summed E-state index contributed by atoms with van der Waals surface area (Å²) in [6.07, 6.45) is 6.01. The molecule has 16 heavy (non-hydrogen) atoms. The van der Waals surface area contributed by atoms with Crippen molar-refractivity contribution in [2.24, 2.45) is 5.92 Å². The van der Waals surface area contributed by atoms with Crippen molar-refractivity contribution in [3.05, 3.63) is 0 Å². The van der Waals surface area contributed by atoms with Crippen LogP contribution in [0, 0.1) is 5.92 Å². The minimum absolute atomic E-state index is 0.00716. The summed E-state index contributed by atoms with van der Waals surface area (Å²) in [5, 5.41) is 3.37. The van der Waals surface area contributed by atoms with Crippen molar-refractivity contribution < 1.29 is 4.79 Å². The highest BCUT2D eigenvalue weighted by atomic mass is 16.2. The van der Waals surface area contributed by atoms with Gasteiger partial charge < -0.3 is 10.2 Å². The second-order valence-electron chi connectivity index (χ2n) is 5.81. The Hall–Kier alpha value is -0.570. The lowest BCUT2D eigenvalue weighted by atomic mass is 9.86. The molecule has 3 heteroatoms. The molecule has 2 aliphatic rings. The van der Waals surface area contributed by atoms with Crippen molar-refractivity contribution in [2.75, 3.05) is 19.6 Å². The highest BCUT2D eigenvalue weighted by Crippen LogP contribution is 2.28. The molecule has 1 amide bonds. The molecule has 0 aromatic heterocycles. The first kappa shape index (κ1) is 11.9. The van der Waals surface area contributed by atoms with Crippen molar-refractivity contribution in [3.63, 3.8) is 0 Å². The molecule has 1 heterocycles. The van der Waals surface area contributed by atoms with E-state index in [0.29, 0.717) is 11.8 Å². The van der Waals surface area contributed by atoms with Gasteiger partial charge in [0.1, 0.15) is 0 Å². The van der Waals surface area contributed by atoms with Gasteiger partial charge in [-0.2, -0.15) is 0 Å². The topological polar surface area (TPSA) is 32.3 Å². The van der Waals surface area contributed by atoms with Gasteiger partial charge in [-0.25, -0.2) is 0 Å². The molecule has 3 nitrogen and oxygen atoms in total. The van der Waals surface area contributed by atoms with Crippen LogP contribution in [0.3, 0.4) is 0 Å². The van der Waals surface area contributed by atoms with Crippen LogP contribution in [0.25, 0.3) is 0 Å². The summed E-state index contributed by atoms with van der Waals surface area (Å²) in [6.45, 7) is 7.08. The van der Waals surface area contributed by atoms with Gasteiger partial charge in [-0.3, -0.25) is 4.79 Å². The van der Waals surface area contributed by atoms with E-state index >= 15 is 0 Å². The number of piperazine rings is 1. The molecule has 0 bridgehead atoms. The Morgan fingerprint density at radius 2 is 1.94 bits per heavy atom. The lowest BCUT2D eigenvalue weighted by molar-refractivity contribution is -0.143. The number of rotatable bonds is 1. The number of carbonyl (C=O) groups is 1. The molecule has 1 saturated carbocycles. The lowest BCUT2D eigenvalue weighted by Gasteiger charge is -2.44. The minimum Gasteiger partial charge on any atom is -0.335 e. The number of nitrogens with zero attached hydrogens (tertiary/aromatic N) is 1. The van der Waals surface area contributed by atoms with Crippen molar-refractivity contribution in [1.82, 2.24) is 10.2 Å². The van der Waals surface area contributed by atoms with Crippen LogP contribution in [-0.2, 0) is 4.79 Å². The lowest BCUT2D eigenvalue weighted by Crippen LogP contribution is -2.61. The summed E-state index contributed by atoms with van der Waals surface area (Å²) in [6, 6.07) is 0. The summed E-state index contributed by atoms with van der Waals surface area (Å²) in [4.78, 5) is 14.6. The summed E-state index contributed by atoms with van der Waals surface area (Å²) in [7, 11) is 0. The Morgan fingerprint density at radius 3 is 2.56 bits per heavy atom. The van der Waals surface area contributed by atoms with Gasteiger partial charge in [0.25, 0.3) is 0 Å². The smallest absolute Gasteiger partial charge is 0.226 e. The third-order valence-electron chi connectivity index (χ3n) is 4.02. The van der Waals surface area contributed by atoms with Crippen molar-refractivity contribution in [1.29, 1.82) is 0 Å². The number of hydrogen-bond acceptors (Lipinski definition) is 2. The average molecular weight is 224 g/mol. The van der Waals surface area contributed by atoms with Gasteiger partial charge in [-0.05, 0) is 26.7 Å². The largest absolute Gasteiger partial charge is 0.335 e. The predicted octanol–water partition coefficient (Wildman–Crippen LogP) is 1.78. The Morgan fingerprint density at radius 1 is 1.25 bits per heavy atom. The molecule has 1 aliphatic heterocycles. The number of amides is 1. The van der Waals surface area contributed by atoms with Gasteiger partial charge in [0, 0.05) is 31.1 Å². The van der Waals surface area contributed by atoms with Crippen LogP contribution in [0.15, 0.2) is 0 Å².